The summed E-state index contributed by atoms with van der Waals surface area (Å²) in [6.07, 6.45) is 3.94. The second-order valence-corrected chi connectivity index (χ2v) is 12.3. The third kappa shape index (κ3) is 5.37. The van der Waals surface area contributed by atoms with E-state index in [-0.39, 0.29) is 12.2 Å². The number of hydrogen-bond acceptors (Lipinski definition) is 6. The van der Waals surface area contributed by atoms with Crippen molar-refractivity contribution in [2.45, 2.75) is 26.4 Å². The van der Waals surface area contributed by atoms with Gasteiger partial charge in [0.25, 0.3) is 5.56 Å². The lowest BCUT2D eigenvalue weighted by Crippen LogP contribution is -2.39. The molecule has 0 saturated carbocycles. The van der Waals surface area contributed by atoms with Crippen molar-refractivity contribution in [1.29, 1.82) is 0 Å². The van der Waals surface area contributed by atoms with Crippen LogP contribution in [0.1, 0.15) is 36.6 Å². The van der Waals surface area contributed by atoms with E-state index in [0.29, 0.717) is 42.4 Å². The average Bonchev–Trinajstić information content (AvgIpc) is 3.49. The van der Waals surface area contributed by atoms with E-state index < -0.39 is 12.0 Å². The quantitative estimate of drug-likeness (QED) is 0.192. The fourth-order valence-corrected chi connectivity index (χ4v) is 7.22. The third-order valence-electron chi connectivity index (χ3n) is 7.41. The van der Waals surface area contributed by atoms with Crippen molar-refractivity contribution in [3.8, 4) is 5.75 Å². The van der Waals surface area contributed by atoms with Crippen LogP contribution in [0, 0.1) is 0 Å². The minimum absolute atomic E-state index is 0.206. The normalized spacial score (nSPS) is 15.0. The number of nitrogens with zero attached hydrogens (tertiary/aromatic N) is 3. The lowest BCUT2D eigenvalue weighted by atomic mass is 9.96. The fraction of sp³-hybridized carbons (Fsp3) is 0.182. The Morgan fingerprint density at radius 3 is 2.65 bits per heavy atom. The van der Waals surface area contributed by atoms with Gasteiger partial charge in [0.1, 0.15) is 5.75 Å². The van der Waals surface area contributed by atoms with E-state index in [9.17, 15) is 9.59 Å². The van der Waals surface area contributed by atoms with Gasteiger partial charge in [-0.2, -0.15) is 0 Å². The highest BCUT2D eigenvalue weighted by molar-refractivity contribution is 9.10. The predicted molar refractivity (Wildman–Crippen MR) is 174 cm³/mol. The molecule has 1 atom stereocenters. The SMILES string of the molecule is CCOC(=O)C1=C(C)N=c2s/c(=C/c3cn(Cc4ccccc4Cl)c4ccccc34)c(=O)n2[C@@H]1c1ccc(OC)c(Br)c1. The van der Waals surface area contributed by atoms with Crippen LogP contribution in [0.5, 0.6) is 5.75 Å². The largest absolute Gasteiger partial charge is 0.496 e. The van der Waals surface area contributed by atoms with Gasteiger partial charge in [0, 0.05) is 34.2 Å². The standard InChI is InChI=1S/C33H27BrClN3O4S/c1-4-42-32(40)29-19(2)36-33-38(30(29)20-13-14-27(41-3)24(34)15-20)31(39)28(43-33)16-22-18-37(26-12-8-6-10-23(22)26)17-21-9-5-7-11-25(21)35/h5-16,18,30H,4,17H2,1-3H3/b28-16+/t30-/m1/s1. The van der Waals surface area contributed by atoms with Gasteiger partial charge in [0.2, 0.25) is 0 Å². The number of carbonyl (C=O) groups is 1. The number of ether oxygens (including phenoxy) is 2. The Kier molecular flexibility index (Phi) is 8.13. The topological polar surface area (TPSA) is 74.8 Å². The molecular formula is C33H27BrClN3O4S. The van der Waals surface area contributed by atoms with Crippen molar-refractivity contribution in [1.82, 2.24) is 9.13 Å². The summed E-state index contributed by atoms with van der Waals surface area (Å²) in [7, 11) is 1.59. The number of benzene rings is 3. The summed E-state index contributed by atoms with van der Waals surface area (Å²) in [5.41, 5.74) is 4.27. The Morgan fingerprint density at radius 2 is 1.91 bits per heavy atom. The molecule has 0 bridgehead atoms. The maximum atomic E-state index is 14.2. The number of allylic oxidation sites excluding steroid dienone is 1. The summed E-state index contributed by atoms with van der Waals surface area (Å²) in [6.45, 7) is 4.32. The molecule has 10 heteroatoms. The van der Waals surface area contributed by atoms with Crippen LogP contribution in [0.25, 0.3) is 17.0 Å². The number of carbonyl (C=O) groups excluding carboxylic acids is 1. The number of methoxy groups -OCH3 is 1. The van der Waals surface area contributed by atoms with Crippen LogP contribution in [-0.4, -0.2) is 28.8 Å². The van der Waals surface area contributed by atoms with Crippen LogP contribution in [0.3, 0.4) is 0 Å². The summed E-state index contributed by atoms with van der Waals surface area (Å²) in [5, 5.41) is 1.72. The highest BCUT2D eigenvalue weighted by atomic mass is 79.9. The number of para-hydroxylation sites is 1. The molecule has 43 heavy (non-hydrogen) atoms. The molecule has 3 heterocycles. The molecule has 1 aliphatic heterocycles. The van der Waals surface area contributed by atoms with Crippen LogP contribution in [0.15, 0.2) is 98.5 Å². The van der Waals surface area contributed by atoms with Gasteiger partial charge >= 0.3 is 5.97 Å². The number of thiazole rings is 1. The molecule has 2 aromatic heterocycles. The van der Waals surface area contributed by atoms with Crippen LogP contribution in [0.4, 0.5) is 0 Å². The summed E-state index contributed by atoms with van der Waals surface area (Å²) < 4.78 is 15.8. The van der Waals surface area contributed by atoms with Crippen LogP contribution >= 0.6 is 38.9 Å². The Balaban J connectivity index is 1.53. The average molecular weight is 677 g/mol. The van der Waals surface area contributed by atoms with Gasteiger partial charge in [-0.25, -0.2) is 9.79 Å². The predicted octanol–water partition coefficient (Wildman–Crippen LogP) is 6.23. The van der Waals surface area contributed by atoms with Crippen LogP contribution in [0.2, 0.25) is 5.02 Å². The maximum absolute atomic E-state index is 14.2. The van der Waals surface area contributed by atoms with Crippen molar-refractivity contribution >= 4 is 61.8 Å². The molecule has 6 rings (SSSR count). The van der Waals surface area contributed by atoms with Gasteiger partial charge in [0.15, 0.2) is 4.80 Å². The van der Waals surface area contributed by atoms with Gasteiger partial charge in [-0.1, -0.05) is 65.4 Å². The molecule has 0 unspecified atom stereocenters. The Bertz CT molecular complexity index is 2110. The highest BCUT2D eigenvalue weighted by Gasteiger charge is 2.33. The third-order valence-corrected chi connectivity index (χ3v) is 9.38. The molecule has 0 radical (unpaired) electrons. The minimum Gasteiger partial charge on any atom is -0.496 e. The van der Waals surface area contributed by atoms with Gasteiger partial charge in [-0.15, -0.1) is 0 Å². The van der Waals surface area contributed by atoms with E-state index in [2.05, 4.69) is 26.6 Å². The molecule has 0 fully saturated rings. The Morgan fingerprint density at radius 1 is 1.14 bits per heavy atom. The monoisotopic (exact) mass is 675 g/mol. The smallest absolute Gasteiger partial charge is 0.338 e. The van der Waals surface area contributed by atoms with E-state index in [1.165, 1.54) is 11.3 Å². The first kappa shape index (κ1) is 29.2. The first-order chi connectivity index (χ1) is 20.8. The molecule has 0 spiro atoms. The highest BCUT2D eigenvalue weighted by Crippen LogP contribution is 2.35. The summed E-state index contributed by atoms with van der Waals surface area (Å²) in [6, 6.07) is 20.7. The molecule has 5 aromatic rings. The van der Waals surface area contributed by atoms with Crippen LogP contribution < -0.4 is 19.6 Å². The molecule has 0 saturated heterocycles. The summed E-state index contributed by atoms with van der Waals surface area (Å²) in [5.74, 6) is 0.139. The van der Waals surface area contributed by atoms with Crippen molar-refractivity contribution in [3.63, 3.8) is 0 Å². The Labute approximate surface area is 265 Å². The molecule has 0 aliphatic carbocycles. The zero-order valence-electron chi connectivity index (χ0n) is 23.6. The zero-order valence-corrected chi connectivity index (χ0v) is 26.8. The molecule has 3 aromatic carbocycles. The number of halogens is 2. The molecule has 0 amide bonds. The maximum Gasteiger partial charge on any atom is 0.338 e. The molecule has 218 valence electrons. The van der Waals surface area contributed by atoms with E-state index in [1.807, 2.05) is 66.9 Å². The van der Waals surface area contributed by atoms with E-state index in [1.54, 1.807) is 31.6 Å². The molecule has 7 nitrogen and oxygen atoms in total. The van der Waals surface area contributed by atoms with Crippen molar-refractivity contribution < 1.29 is 14.3 Å². The first-order valence-corrected chi connectivity index (χ1v) is 15.6. The lowest BCUT2D eigenvalue weighted by Gasteiger charge is -2.25. The van der Waals surface area contributed by atoms with E-state index in [0.717, 1.165) is 27.6 Å². The number of esters is 1. The number of hydrogen-bond donors (Lipinski definition) is 0. The molecule has 0 N–H and O–H groups in total. The fourth-order valence-electron chi connectivity index (χ4n) is 5.43. The zero-order chi connectivity index (χ0) is 30.2. The number of rotatable bonds is 7. The Hall–Kier alpha value is -3.92. The first-order valence-electron chi connectivity index (χ1n) is 13.6. The molecular weight excluding hydrogens is 650 g/mol. The van der Waals surface area contributed by atoms with Gasteiger partial charge in [-0.3, -0.25) is 9.36 Å². The van der Waals surface area contributed by atoms with Crippen molar-refractivity contribution in [2.75, 3.05) is 13.7 Å². The molecule has 1 aliphatic rings. The van der Waals surface area contributed by atoms with Crippen LogP contribution in [-0.2, 0) is 16.1 Å². The lowest BCUT2D eigenvalue weighted by molar-refractivity contribution is -0.139. The summed E-state index contributed by atoms with van der Waals surface area (Å²) >= 11 is 11.3. The second kappa shape index (κ2) is 12.0. The van der Waals surface area contributed by atoms with Gasteiger partial charge in [0.05, 0.1) is 40.0 Å². The second-order valence-electron chi connectivity index (χ2n) is 10.0. The summed E-state index contributed by atoms with van der Waals surface area (Å²) in [4.78, 5) is 32.6. The number of fused-ring (bicyclic) bond motifs is 2. The number of aromatic nitrogens is 2. The van der Waals surface area contributed by atoms with Gasteiger partial charge < -0.3 is 14.0 Å². The minimum atomic E-state index is -0.721. The van der Waals surface area contributed by atoms with Crippen molar-refractivity contribution in [3.05, 3.63) is 130 Å². The van der Waals surface area contributed by atoms with E-state index >= 15 is 0 Å². The van der Waals surface area contributed by atoms with E-state index in [4.69, 9.17) is 26.1 Å². The van der Waals surface area contributed by atoms with Gasteiger partial charge in [-0.05, 0) is 71.2 Å². The van der Waals surface area contributed by atoms with Crippen molar-refractivity contribution in [2.24, 2.45) is 4.99 Å².